The van der Waals surface area contributed by atoms with Gasteiger partial charge in [-0.3, -0.25) is 4.79 Å². The molecule has 1 heterocycles. The predicted molar refractivity (Wildman–Crippen MR) is 132 cm³/mol. The summed E-state index contributed by atoms with van der Waals surface area (Å²) in [7, 11) is 0. The number of aromatic amines is 1. The fourth-order valence-electron chi connectivity index (χ4n) is 7.88. The van der Waals surface area contributed by atoms with Crippen molar-refractivity contribution in [3.05, 3.63) is 46.8 Å². The second-order valence-corrected chi connectivity index (χ2v) is 11.7. The van der Waals surface area contributed by atoms with E-state index in [9.17, 15) is 4.79 Å². The van der Waals surface area contributed by atoms with Gasteiger partial charge in [0.25, 0.3) is 0 Å². The van der Waals surface area contributed by atoms with Gasteiger partial charge in [0.1, 0.15) is 11.9 Å². The van der Waals surface area contributed by atoms with Gasteiger partial charge >= 0.3 is 5.97 Å². The van der Waals surface area contributed by atoms with Gasteiger partial charge in [0.2, 0.25) is 0 Å². The number of nitrogens with one attached hydrogen (secondary N) is 1. The van der Waals surface area contributed by atoms with Crippen molar-refractivity contribution < 1.29 is 9.53 Å². The Bertz CT molecular complexity index is 1160. The van der Waals surface area contributed by atoms with Crippen molar-refractivity contribution in [3.63, 3.8) is 0 Å². The minimum atomic E-state index is -0.156. The van der Waals surface area contributed by atoms with Crippen LogP contribution in [0, 0.1) is 28.6 Å². The molecule has 2 fully saturated rings. The molecule has 0 bridgehead atoms. The van der Waals surface area contributed by atoms with Crippen molar-refractivity contribution in [2.45, 2.75) is 71.8 Å². The summed E-state index contributed by atoms with van der Waals surface area (Å²) in [6, 6.07) is 8.22. The minimum absolute atomic E-state index is 0.0354. The average molecular weight is 465 g/mol. The second kappa shape index (κ2) is 7.46. The maximum Gasteiger partial charge on any atom is 0.302 e. The maximum atomic E-state index is 11.5. The topological polar surface area (TPSA) is 55.0 Å². The standard InChI is InChI=1S/C28H33ClN2O2/c1-16(32)33-18-10-12-27(2)17(14-18)8-9-19-21(27)11-13-28(3)22(19)15-20(25(28)29)26-30-23-6-4-5-7-24(23)31-26/h4-8,18-19,21-22H,9-15H2,1-3H3,(H,30,31)/t18-,19+,21-,22-,27-,28-/m0/s1. The maximum absolute atomic E-state index is 11.5. The zero-order valence-electron chi connectivity index (χ0n) is 19.8. The molecule has 0 saturated heterocycles. The molecular weight excluding hydrogens is 432 g/mol. The molecule has 1 aromatic carbocycles. The number of allylic oxidation sites excluding steroid dienone is 3. The first kappa shape index (κ1) is 21.5. The molecule has 4 aliphatic rings. The summed E-state index contributed by atoms with van der Waals surface area (Å²) in [4.78, 5) is 19.9. The molecule has 4 nitrogen and oxygen atoms in total. The summed E-state index contributed by atoms with van der Waals surface area (Å²) in [5.41, 5.74) is 5.08. The van der Waals surface area contributed by atoms with Crippen LogP contribution in [0.25, 0.3) is 16.6 Å². The highest BCUT2D eigenvalue weighted by Crippen LogP contribution is 2.67. The Morgan fingerprint density at radius 3 is 2.70 bits per heavy atom. The van der Waals surface area contributed by atoms with Gasteiger partial charge in [-0.25, -0.2) is 4.98 Å². The zero-order chi connectivity index (χ0) is 23.0. The highest BCUT2D eigenvalue weighted by atomic mass is 35.5. The number of fused-ring (bicyclic) bond motifs is 6. The van der Waals surface area contributed by atoms with Crippen LogP contribution >= 0.6 is 11.6 Å². The molecule has 33 heavy (non-hydrogen) atoms. The second-order valence-electron chi connectivity index (χ2n) is 11.3. The van der Waals surface area contributed by atoms with Crippen LogP contribution in [0.1, 0.15) is 71.5 Å². The molecule has 2 aromatic rings. The fraction of sp³-hybridized carbons (Fsp3) is 0.571. The smallest absolute Gasteiger partial charge is 0.302 e. The molecule has 0 unspecified atom stereocenters. The Labute approximate surface area is 200 Å². The van der Waals surface area contributed by atoms with Gasteiger partial charge in [0, 0.05) is 29.4 Å². The van der Waals surface area contributed by atoms with E-state index in [-0.39, 0.29) is 22.9 Å². The van der Waals surface area contributed by atoms with Crippen LogP contribution in [0.4, 0.5) is 0 Å². The van der Waals surface area contributed by atoms with E-state index in [0.29, 0.717) is 17.8 Å². The molecule has 0 spiro atoms. The van der Waals surface area contributed by atoms with Crippen LogP contribution < -0.4 is 0 Å². The number of esters is 1. The number of ether oxygens (including phenoxy) is 1. The van der Waals surface area contributed by atoms with E-state index in [2.05, 4.69) is 37.0 Å². The SMILES string of the molecule is CC(=O)O[C@H]1CC[C@@]2(C)C(=CC[C@@H]3[C@@H]2CC[C@]2(C)C(Cl)=C(c4nc5ccccc5[nH]4)C[C@@H]32)C1. The summed E-state index contributed by atoms with van der Waals surface area (Å²) >= 11 is 7.18. The van der Waals surface area contributed by atoms with Gasteiger partial charge in [-0.1, -0.05) is 49.2 Å². The number of carbonyl (C=O) groups excluding carboxylic acids is 1. The van der Waals surface area contributed by atoms with Gasteiger partial charge in [0.15, 0.2) is 0 Å². The number of H-pyrrole nitrogens is 1. The van der Waals surface area contributed by atoms with Crippen LogP contribution in [0.3, 0.4) is 0 Å². The summed E-state index contributed by atoms with van der Waals surface area (Å²) in [6.45, 7) is 6.40. The third kappa shape index (κ3) is 3.16. The normalized spacial score (nSPS) is 37.9. The summed E-state index contributed by atoms with van der Waals surface area (Å²) in [5, 5.41) is 1.03. The molecule has 1 aromatic heterocycles. The van der Waals surface area contributed by atoms with E-state index in [1.807, 2.05) is 12.1 Å². The Morgan fingerprint density at radius 2 is 1.91 bits per heavy atom. The van der Waals surface area contributed by atoms with E-state index < -0.39 is 0 Å². The highest BCUT2D eigenvalue weighted by Gasteiger charge is 2.58. The lowest BCUT2D eigenvalue weighted by atomic mass is 9.48. The lowest BCUT2D eigenvalue weighted by Crippen LogP contribution is -2.50. The van der Waals surface area contributed by atoms with Crippen LogP contribution in [-0.2, 0) is 9.53 Å². The molecular formula is C28H33ClN2O2. The van der Waals surface area contributed by atoms with Crippen molar-refractivity contribution in [3.8, 4) is 0 Å². The van der Waals surface area contributed by atoms with Gasteiger partial charge in [-0.2, -0.15) is 0 Å². The van der Waals surface area contributed by atoms with Crippen LogP contribution in [0.2, 0.25) is 0 Å². The summed E-state index contributed by atoms with van der Waals surface area (Å²) < 4.78 is 5.59. The van der Waals surface area contributed by atoms with Gasteiger partial charge < -0.3 is 9.72 Å². The Morgan fingerprint density at radius 1 is 1.12 bits per heavy atom. The van der Waals surface area contributed by atoms with E-state index in [1.165, 1.54) is 24.5 Å². The van der Waals surface area contributed by atoms with Crippen molar-refractivity contribution in [1.29, 1.82) is 0 Å². The third-order valence-electron chi connectivity index (χ3n) is 9.65. The van der Waals surface area contributed by atoms with Gasteiger partial charge in [-0.15, -0.1) is 0 Å². The number of benzene rings is 1. The number of hydrogen-bond acceptors (Lipinski definition) is 3. The highest BCUT2D eigenvalue weighted by molar-refractivity contribution is 6.33. The number of nitrogens with zero attached hydrogens (tertiary/aromatic N) is 1. The quantitative estimate of drug-likeness (QED) is 0.384. The number of carbonyl (C=O) groups is 1. The molecule has 0 aliphatic heterocycles. The molecule has 1 N–H and O–H groups in total. The first-order chi connectivity index (χ1) is 15.8. The molecule has 0 radical (unpaired) electrons. The van der Waals surface area contributed by atoms with Crippen molar-refractivity contribution in [2.75, 3.05) is 0 Å². The summed E-state index contributed by atoms with van der Waals surface area (Å²) in [6.07, 6.45) is 10.0. The zero-order valence-corrected chi connectivity index (χ0v) is 20.5. The van der Waals surface area contributed by atoms with Crippen molar-refractivity contribution in [1.82, 2.24) is 9.97 Å². The van der Waals surface area contributed by atoms with E-state index >= 15 is 0 Å². The Kier molecular flexibility index (Phi) is 4.85. The average Bonchev–Trinajstić information content (AvgIpc) is 3.32. The first-order valence-corrected chi connectivity index (χ1v) is 12.9. The largest absolute Gasteiger partial charge is 0.462 e. The van der Waals surface area contributed by atoms with E-state index in [1.54, 1.807) is 0 Å². The monoisotopic (exact) mass is 464 g/mol. The first-order valence-electron chi connectivity index (χ1n) is 12.5. The van der Waals surface area contributed by atoms with Gasteiger partial charge in [-0.05, 0) is 73.8 Å². The van der Waals surface area contributed by atoms with Crippen LogP contribution in [0.5, 0.6) is 0 Å². The predicted octanol–water partition coefficient (Wildman–Crippen LogP) is 7.02. The molecule has 174 valence electrons. The fourth-order valence-corrected chi connectivity index (χ4v) is 8.28. The number of rotatable bonds is 2. The van der Waals surface area contributed by atoms with E-state index in [0.717, 1.165) is 60.4 Å². The minimum Gasteiger partial charge on any atom is -0.462 e. The molecule has 4 aliphatic carbocycles. The summed E-state index contributed by atoms with van der Waals surface area (Å²) in [5.74, 6) is 2.66. The molecule has 5 heteroatoms. The molecule has 6 atom stereocenters. The van der Waals surface area contributed by atoms with E-state index in [4.69, 9.17) is 21.3 Å². The number of halogens is 1. The lowest BCUT2D eigenvalue weighted by Gasteiger charge is -2.57. The number of para-hydroxylation sites is 2. The number of aromatic nitrogens is 2. The Hall–Kier alpha value is -2.07. The molecule has 2 saturated carbocycles. The van der Waals surface area contributed by atoms with Crippen molar-refractivity contribution >= 4 is 34.2 Å². The van der Waals surface area contributed by atoms with Crippen LogP contribution in [-0.4, -0.2) is 22.0 Å². The lowest BCUT2D eigenvalue weighted by molar-refractivity contribution is -0.148. The van der Waals surface area contributed by atoms with Crippen molar-refractivity contribution in [2.24, 2.45) is 28.6 Å². The number of hydrogen-bond donors (Lipinski definition) is 1. The number of imidazole rings is 1. The third-order valence-corrected chi connectivity index (χ3v) is 10.3. The van der Waals surface area contributed by atoms with Gasteiger partial charge in [0.05, 0.1) is 11.0 Å². The Balaban J connectivity index is 1.31. The molecule has 6 rings (SSSR count). The van der Waals surface area contributed by atoms with Crippen LogP contribution in [0.15, 0.2) is 40.9 Å². The molecule has 0 amide bonds.